The number of hydrogen-bond acceptors (Lipinski definition) is 4. The summed E-state index contributed by atoms with van der Waals surface area (Å²) < 4.78 is 1.75. The lowest BCUT2D eigenvalue weighted by molar-refractivity contribution is 0.883. The Labute approximate surface area is 182 Å². The Bertz CT molecular complexity index is 1070. The second-order valence-corrected chi connectivity index (χ2v) is 8.72. The lowest BCUT2D eigenvalue weighted by Crippen LogP contribution is -2.30. The van der Waals surface area contributed by atoms with Gasteiger partial charge in [-0.3, -0.25) is 9.36 Å². The number of benzene rings is 2. The molecule has 0 spiro atoms. The average molecular weight is 418 g/mol. The van der Waals surface area contributed by atoms with Gasteiger partial charge in [-0.05, 0) is 44.2 Å². The second kappa shape index (κ2) is 9.35. The van der Waals surface area contributed by atoms with Gasteiger partial charge >= 0.3 is 0 Å². The Morgan fingerprint density at radius 1 is 1.00 bits per heavy atom. The molecule has 154 valence electrons. The summed E-state index contributed by atoms with van der Waals surface area (Å²) in [6, 6.07) is 19.8. The van der Waals surface area contributed by atoms with Gasteiger partial charge in [0.15, 0.2) is 0 Å². The van der Waals surface area contributed by atoms with E-state index >= 15 is 0 Å². The van der Waals surface area contributed by atoms with Crippen LogP contribution in [0.4, 0.5) is 5.82 Å². The fourth-order valence-corrected chi connectivity index (χ4v) is 3.98. The fraction of sp³-hybridized carbons (Fsp3) is 0.280. The zero-order valence-electron chi connectivity index (χ0n) is 17.5. The molecule has 1 aromatic heterocycles. The molecular formula is C25H27N3OS. The molecule has 1 atom stereocenters. The van der Waals surface area contributed by atoms with Gasteiger partial charge in [0, 0.05) is 23.9 Å². The minimum atomic E-state index is -0.0264. The van der Waals surface area contributed by atoms with Crippen LogP contribution >= 0.6 is 11.8 Å². The molecular weight excluding hydrogens is 390 g/mol. The molecule has 0 N–H and O–H groups in total. The summed E-state index contributed by atoms with van der Waals surface area (Å²) >= 11 is 1.76. The number of thioether (sulfide) groups is 1. The molecule has 1 saturated heterocycles. The van der Waals surface area contributed by atoms with E-state index < -0.39 is 0 Å². The molecule has 0 amide bonds. The lowest BCUT2D eigenvalue weighted by atomic mass is 10.1. The normalized spacial score (nSPS) is 15.1. The third kappa shape index (κ3) is 4.21. The quantitative estimate of drug-likeness (QED) is 0.548. The van der Waals surface area contributed by atoms with Crippen molar-refractivity contribution in [3.8, 4) is 17.1 Å². The van der Waals surface area contributed by atoms with Crippen LogP contribution in [-0.2, 0) is 0 Å². The van der Waals surface area contributed by atoms with E-state index in [0.717, 1.165) is 43.0 Å². The van der Waals surface area contributed by atoms with Gasteiger partial charge in [-0.1, -0.05) is 54.6 Å². The van der Waals surface area contributed by atoms with E-state index in [1.165, 1.54) is 0 Å². The Balaban J connectivity index is 2.00. The highest BCUT2D eigenvalue weighted by Gasteiger charge is 2.23. The molecule has 0 radical (unpaired) electrons. The van der Waals surface area contributed by atoms with E-state index in [2.05, 4.69) is 24.2 Å². The van der Waals surface area contributed by atoms with Gasteiger partial charge < -0.3 is 4.90 Å². The first-order valence-corrected chi connectivity index (χ1v) is 11.7. The first kappa shape index (κ1) is 20.5. The van der Waals surface area contributed by atoms with Gasteiger partial charge in [0.1, 0.15) is 11.6 Å². The molecule has 1 aliphatic rings. The molecule has 1 fully saturated rings. The van der Waals surface area contributed by atoms with Gasteiger partial charge in [-0.2, -0.15) is 11.8 Å². The Hall–Kier alpha value is -2.79. The highest BCUT2D eigenvalue weighted by molar-refractivity contribution is 7.99. The van der Waals surface area contributed by atoms with Crippen molar-refractivity contribution in [1.82, 2.24) is 9.55 Å². The predicted molar refractivity (Wildman–Crippen MR) is 129 cm³/mol. The number of anilines is 1. The lowest BCUT2D eigenvalue weighted by Gasteiger charge is -2.22. The number of hydrogen-bond donors (Lipinski definition) is 0. The molecule has 3 aromatic rings. The monoisotopic (exact) mass is 417 g/mol. The van der Waals surface area contributed by atoms with Crippen molar-refractivity contribution in [2.45, 2.75) is 25.0 Å². The van der Waals surface area contributed by atoms with Crippen molar-refractivity contribution < 1.29 is 0 Å². The molecule has 4 rings (SSSR count). The zero-order chi connectivity index (χ0) is 20.9. The molecule has 2 heterocycles. The third-order valence-electron chi connectivity index (χ3n) is 5.46. The van der Waals surface area contributed by atoms with Crippen LogP contribution in [0.3, 0.4) is 0 Å². The summed E-state index contributed by atoms with van der Waals surface area (Å²) in [6.07, 6.45) is 8.41. The fourth-order valence-electron chi connectivity index (χ4n) is 3.75. The Kier molecular flexibility index (Phi) is 6.38. The van der Waals surface area contributed by atoms with E-state index in [9.17, 15) is 4.79 Å². The largest absolute Gasteiger partial charge is 0.356 e. The highest BCUT2D eigenvalue weighted by atomic mass is 32.2. The van der Waals surface area contributed by atoms with Crippen LogP contribution in [0.15, 0.2) is 71.5 Å². The molecule has 30 heavy (non-hydrogen) atoms. The maximum Gasteiger partial charge on any atom is 0.267 e. The maximum absolute atomic E-state index is 13.9. The van der Waals surface area contributed by atoms with Crippen LogP contribution in [0.25, 0.3) is 23.2 Å². The summed E-state index contributed by atoms with van der Waals surface area (Å²) in [7, 11) is 0. The zero-order valence-corrected chi connectivity index (χ0v) is 18.3. The maximum atomic E-state index is 13.9. The average Bonchev–Trinajstić information content (AvgIpc) is 3.33. The van der Waals surface area contributed by atoms with Crippen LogP contribution in [0.5, 0.6) is 0 Å². The Morgan fingerprint density at radius 3 is 2.27 bits per heavy atom. The van der Waals surface area contributed by atoms with E-state index in [-0.39, 0.29) is 5.56 Å². The molecule has 4 nitrogen and oxygen atoms in total. The van der Waals surface area contributed by atoms with Gasteiger partial charge in [-0.15, -0.1) is 0 Å². The van der Waals surface area contributed by atoms with Crippen molar-refractivity contribution >= 4 is 23.7 Å². The summed E-state index contributed by atoms with van der Waals surface area (Å²) in [4.78, 5) is 21.2. The predicted octanol–water partition coefficient (Wildman–Crippen LogP) is 5.26. The first-order chi connectivity index (χ1) is 14.7. The molecule has 0 bridgehead atoms. The van der Waals surface area contributed by atoms with Gasteiger partial charge in [0.25, 0.3) is 5.56 Å². The number of para-hydroxylation sites is 1. The van der Waals surface area contributed by atoms with Crippen LogP contribution in [0, 0.1) is 0 Å². The molecule has 0 aliphatic carbocycles. The van der Waals surface area contributed by atoms with Crippen molar-refractivity contribution in [2.75, 3.05) is 24.2 Å². The highest BCUT2D eigenvalue weighted by Crippen LogP contribution is 2.28. The van der Waals surface area contributed by atoms with Crippen LogP contribution < -0.4 is 10.5 Å². The standard InChI is InChI=1S/C25H27N3OS/c1-19(30-2)15-16-22-24(27-17-9-10-18-27)26-23(20-11-5-3-6-12-20)28(25(22)29)21-13-7-4-8-14-21/h3-8,11-16,19H,9-10,17-18H2,1-2H3/b16-15+. The van der Waals surface area contributed by atoms with Crippen LogP contribution in [0.1, 0.15) is 25.3 Å². The van der Waals surface area contributed by atoms with E-state index in [0.29, 0.717) is 16.6 Å². The summed E-state index contributed by atoms with van der Waals surface area (Å²) in [6.45, 7) is 4.02. The SMILES string of the molecule is CSC(C)/C=C/c1c(N2CCCC2)nc(-c2ccccc2)n(-c2ccccc2)c1=O. The van der Waals surface area contributed by atoms with Crippen molar-refractivity contribution in [1.29, 1.82) is 0 Å². The second-order valence-electron chi connectivity index (χ2n) is 7.51. The van der Waals surface area contributed by atoms with Crippen molar-refractivity contribution in [3.05, 3.63) is 82.7 Å². The van der Waals surface area contributed by atoms with E-state index in [1.54, 1.807) is 16.3 Å². The summed E-state index contributed by atoms with van der Waals surface area (Å²) in [5.41, 5.74) is 2.41. The Morgan fingerprint density at radius 2 is 1.63 bits per heavy atom. The van der Waals surface area contributed by atoms with Gasteiger partial charge in [0.05, 0.1) is 11.3 Å². The molecule has 2 aromatic carbocycles. The molecule has 5 heteroatoms. The van der Waals surface area contributed by atoms with Crippen molar-refractivity contribution in [3.63, 3.8) is 0 Å². The molecule has 0 saturated carbocycles. The van der Waals surface area contributed by atoms with Gasteiger partial charge in [-0.25, -0.2) is 4.98 Å². The first-order valence-electron chi connectivity index (χ1n) is 10.4. The minimum Gasteiger partial charge on any atom is -0.356 e. The molecule has 1 aliphatic heterocycles. The van der Waals surface area contributed by atoms with E-state index in [1.807, 2.05) is 66.7 Å². The number of aromatic nitrogens is 2. The van der Waals surface area contributed by atoms with E-state index in [4.69, 9.17) is 4.98 Å². The molecule has 1 unspecified atom stereocenters. The minimum absolute atomic E-state index is 0.0264. The smallest absolute Gasteiger partial charge is 0.267 e. The topological polar surface area (TPSA) is 38.1 Å². The number of nitrogens with zero attached hydrogens (tertiary/aromatic N) is 3. The summed E-state index contributed by atoms with van der Waals surface area (Å²) in [5, 5.41) is 0.329. The number of rotatable bonds is 6. The third-order valence-corrected chi connectivity index (χ3v) is 6.36. The van der Waals surface area contributed by atoms with Gasteiger partial charge in [0.2, 0.25) is 0 Å². The summed E-state index contributed by atoms with van der Waals surface area (Å²) in [5.74, 6) is 1.48. The van der Waals surface area contributed by atoms with Crippen LogP contribution in [-0.4, -0.2) is 34.1 Å². The van der Waals surface area contributed by atoms with Crippen LogP contribution in [0.2, 0.25) is 0 Å². The van der Waals surface area contributed by atoms with Crippen molar-refractivity contribution in [2.24, 2.45) is 0 Å².